The van der Waals surface area contributed by atoms with Gasteiger partial charge in [-0.1, -0.05) is 30.3 Å². The number of benzene rings is 2. The average Bonchev–Trinajstić information content (AvgIpc) is 2.47. The predicted octanol–water partition coefficient (Wildman–Crippen LogP) is 1.74. The van der Waals surface area contributed by atoms with E-state index in [2.05, 4.69) is 0 Å². The zero-order valence-corrected chi connectivity index (χ0v) is 11.6. The lowest BCUT2D eigenvalue weighted by atomic mass is 9.85. The highest BCUT2D eigenvalue weighted by atomic mass is 35.5. The molecule has 0 aliphatic carbocycles. The van der Waals surface area contributed by atoms with Crippen LogP contribution in [0.5, 0.6) is 0 Å². The van der Waals surface area contributed by atoms with E-state index in [1.807, 2.05) is 0 Å². The Bertz CT molecular complexity index is 646. The molecule has 2 aromatic carbocycles. The van der Waals surface area contributed by atoms with Crippen molar-refractivity contribution in [2.75, 3.05) is 0 Å². The minimum atomic E-state index is -2.02. The van der Waals surface area contributed by atoms with Crippen LogP contribution in [0.4, 0.5) is 5.69 Å². The minimum Gasteiger partial charge on any atom is -0.372 e. The Hall–Kier alpha value is -2.44. The molecule has 0 heterocycles. The highest BCUT2D eigenvalue weighted by molar-refractivity contribution is 5.88. The van der Waals surface area contributed by atoms with Gasteiger partial charge >= 0.3 is 0 Å². The second-order valence-electron chi connectivity index (χ2n) is 4.24. The summed E-state index contributed by atoms with van der Waals surface area (Å²) < 4.78 is 0. The van der Waals surface area contributed by atoms with Crippen molar-refractivity contribution in [3.63, 3.8) is 0 Å². The van der Waals surface area contributed by atoms with E-state index >= 15 is 0 Å². The molecule has 6 nitrogen and oxygen atoms in total. The molecular formula is C14H13ClN2O4. The number of carbonyl (C=O) groups is 1. The Morgan fingerprint density at radius 3 is 1.95 bits per heavy atom. The molecule has 2 aromatic rings. The molecule has 0 spiro atoms. The quantitative estimate of drug-likeness (QED) is 0.662. The molecule has 21 heavy (non-hydrogen) atoms. The molecule has 0 aromatic heterocycles. The standard InChI is InChI=1S/C14H12N2O4.ClH/c15-13(17)14(18,10-4-2-1-3-5-10)11-6-8-12(9-7-11)16(19)20;/h1-9,18H,(H2,15,17);1H. The van der Waals surface area contributed by atoms with Crippen LogP contribution in [0.3, 0.4) is 0 Å². The second-order valence-corrected chi connectivity index (χ2v) is 4.24. The number of aliphatic hydroxyl groups is 1. The van der Waals surface area contributed by atoms with Crippen molar-refractivity contribution in [3.8, 4) is 0 Å². The van der Waals surface area contributed by atoms with E-state index in [1.165, 1.54) is 24.3 Å². The maximum Gasteiger partial charge on any atom is 0.269 e. The van der Waals surface area contributed by atoms with E-state index in [0.29, 0.717) is 5.56 Å². The third kappa shape index (κ3) is 3.01. The van der Waals surface area contributed by atoms with Crippen molar-refractivity contribution in [2.24, 2.45) is 5.73 Å². The van der Waals surface area contributed by atoms with Crippen LogP contribution in [0.15, 0.2) is 54.6 Å². The molecule has 0 bridgehead atoms. The monoisotopic (exact) mass is 308 g/mol. The fraction of sp³-hybridized carbons (Fsp3) is 0.0714. The fourth-order valence-corrected chi connectivity index (χ4v) is 1.95. The Kier molecular flexibility index (Phi) is 5.02. The minimum absolute atomic E-state index is 0. The number of hydrogen-bond acceptors (Lipinski definition) is 4. The summed E-state index contributed by atoms with van der Waals surface area (Å²) >= 11 is 0. The number of nitro benzene ring substituents is 1. The first-order valence-electron chi connectivity index (χ1n) is 5.79. The van der Waals surface area contributed by atoms with E-state index in [-0.39, 0.29) is 23.7 Å². The average molecular weight is 309 g/mol. The molecule has 0 saturated heterocycles. The van der Waals surface area contributed by atoms with Crippen LogP contribution in [0, 0.1) is 10.1 Å². The smallest absolute Gasteiger partial charge is 0.269 e. The number of nitro groups is 1. The molecule has 0 aliphatic heterocycles. The first kappa shape index (κ1) is 16.6. The second kappa shape index (κ2) is 6.34. The van der Waals surface area contributed by atoms with Gasteiger partial charge in [-0.15, -0.1) is 12.4 Å². The first-order valence-corrected chi connectivity index (χ1v) is 5.79. The summed E-state index contributed by atoms with van der Waals surface area (Å²) in [7, 11) is 0. The molecule has 1 amide bonds. The lowest BCUT2D eigenvalue weighted by Crippen LogP contribution is -2.42. The number of rotatable bonds is 4. The molecule has 0 saturated carbocycles. The number of nitrogens with two attached hydrogens (primary N) is 1. The Morgan fingerprint density at radius 1 is 1.05 bits per heavy atom. The largest absolute Gasteiger partial charge is 0.372 e. The first-order chi connectivity index (χ1) is 9.46. The van der Waals surface area contributed by atoms with E-state index < -0.39 is 16.4 Å². The maximum absolute atomic E-state index is 11.7. The number of halogens is 1. The summed E-state index contributed by atoms with van der Waals surface area (Å²) in [5.41, 5.74) is 3.65. The van der Waals surface area contributed by atoms with Crippen LogP contribution >= 0.6 is 12.4 Å². The Morgan fingerprint density at radius 2 is 1.52 bits per heavy atom. The lowest BCUT2D eigenvalue weighted by molar-refractivity contribution is -0.384. The van der Waals surface area contributed by atoms with Gasteiger partial charge in [-0.3, -0.25) is 14.9 Å². The van der Waals surface area contributed by atoms with Crippen molar-refractivity contribution in [2.45, 2.75) is 5.60 Å². The molecular weight excluding hydrogens is 296 g/mol. The zero-order chi connectivity index (χ0) is 14.8. The molecule has 7 heteroatoms. The lowest BCUT2D eigenvalue weighted by Gasteiger charge is -2.25. The van der Waals surface area contributed by atoms with E-state index in [9.17, 15) is 20.0 Å². The summed E-state index contributed by atoms with van der Waals surface area (Å²) in [6.07, 6.45) is 0. The van der Waals surface area contributed by atoms with Gasteiger partial charge in [0.25, 0.3) is 11.6 Å². The summed E-state index contributed by atoms with van der Waals surface area (Å²) in [5.74, 6) is -0.947. The molecule has 2 rings (SSSR count). The number of nitrogens with zero attached hydrogens (tertiary/aromatic N) is 1. The van der Waals surface area contributed by atoms with Crippen molar-refractivity contribution in [3.05, 3.63) is 75.8 Å². The van der Waals surface area contributed by atoms with Crippen LogP contribution in [-0.4, -0.2) is 15.9 Å². The third-order valence-electron chi connectivity index (χ3n) is 3.04. The Balaban J connectivity index is 0.00000220. The van der Waals surface area contributed by atoms with Gasteiger partial charge < -0.3 is 10.8 Å². The normalized spacial score (nSPS) is 12.8. The van der Waals surface area contributed by atoms with Gasteiger partial charge in [-0.25, -0.2) is 0 Å². The molecule has 0 aliphatic rings. The summed E-state index contributed by atoms with van der Waals surface area (Å²) in [5, 5.41) is 21.2. The number of primary amides is 1. The number of non-ortho nitro benzene ring substituents is 1. The van der Waals surface area contributed by atoms with Crippen molar-refractivity contribution in [1.29, 1.82) is 0 Å². The fourth-order valence-electron chi connectivity index (χ4n) is 1.95. The number of hydrogen-bond donors (Lipinski definition) is 2. The molecule has 1 atom stereocenters. The van der Waals surface area contributed by atoms with Gasteiger partial charge in [0.05, 0.1) is 4.92 Å². The number of carbonyl (C=O) groups excluding carboxylic acids is 1. The molecule has 1 unspecified atom stereocenters. The van der Waals surface area contributed by atoms with Crippen molar-refractivity contribution in [1.82, 2.24) is 0 Å². The Labute approximate surface area is 126 Å². The van der Waals surface area contributed by atoms with Crippen molar-refractivity contribution < 1.29 is 14.8 Å². The molecule has 0 fully saturated rings. The highest BCUT2D eigenvalue weighted by Gasteiger charge is 2.38. The molecule has 110 valence electrons. The third-order valence-corrected chi connectivity index (χ3v) is 3.04. The van der Waals surface area contributed by atoms with Crippen LogP contribution in [0.25, 0.3) is 0 Å². The van der Waals surface area contributed by atoms with Gasteiger partial charge in [0, 0.05) is 12.1 Å². The summed E-state index contributed by atoms with van der Waals surface area (Å²) in [4.78, 5) is 21.7. The van der Waals surface area contributed by atoms with Gasteiger partial charge in [-0.2, -0.15) is 0 Å². The van der Waals surface area contributed by atoms with E-state index in [4.69, 9.17) is 5.73 Å². The zero-order valence-electron chi connectivity index (χ0n) is 10.8. The summed E-state index contributed by atoms with van der Waals surface area (Å²) in [6.45, 7) is 0. The van der Waals surface area contributed by atoms with Gasteiger partial charge in [0.2, 0.25) is 0 Å². The van der Waals surface area contributed by atoms with Crippen LogP contribution in [0.2, 0.25) is 0 Å². The van der Waals surface area contributed by atoms with Gasteiger partial charge in [-0.05, 0) is 23.3 Å². The predicted molar refractivity (Wildman–Crippen MR) is 79.0 cm³/mol. The van der Waals surface area contributed by atoms with Gasteiger partial charge in [0.15, 0.2) is 5.60 Å². The van der Waals surface area contributed by atoms with Crippen LogP contribution in [-0.2, 0) is 10.4 Å². The van der Waals surface area contributed by atoms with Crippen molar-refractivity contribution >= 4 is 24.0 Å². The molecule has 0 radical (unpaired) electrons. The van der Waals surface area contributed by atoms with Gasteiger partial charge in [0.1, 0.15) is 0 Å². The van der Waals surface area contributed by atoms with E-state index in [1.54, 1.807) is 30.3 Å². The topological polar surface area (TPSA) is 106 Å². The van der Waals surface area contributed by atoms with Crippen LogP contribution < -0.4 is 5.73 Å². The summed E-state index contributed by atoms with van der Waals surface area (Å²) in [6, 6.07) is 13.2. The molecule has 3 N–H and O–H groups in total. The van der Waals surface area contributed by atoms with E-state index in [0.717, 1.165) is 0 Å². The SMILES string of the molecule is Cl.NC(=O)C(O)(c1ccccc1)c1ccc([N+](=O)[O-])cc1. The van der Waals surface area contributed by atoms with Crippen LogP contribution in [0.1, 0.15) is 11.1 Å². The number of amides is 1. The maximum atomic E-state index is 11.7. The highest BCUT2D eigenvalue weighted by Crippen LogP contribution is 2.30.